The highest BCUT2D eigenvalue weighted by molar-refractivity contribution is 6.07. The molecule has 0 unspecified atom stereocenters. The second-order valence-corrected chi connectivity index (χ2v) is 6.10. The lowest BCUT2D eigenvalue weighted by molar-refractivity contribution is 0.0950. The topological polar surface area (TPSA) is 62.3 Å². The van der Waals surface area contributed by atoms with Crippen LogP contribution in [0.5, 0.6) is 0 Å². The minimum Gasteiger partial charge on any atom is -0.349 e. The van der Waals surface area contributed by atoms with Gasteiger partial charge in [0.1, 0.15) is 0 Å². The zero-order chi connectivity index (χ0) is 17.1. The maximum absolute atomic E-state index is 12.9. The fraction of sp³-hybridized carbons (Fsp3) is 0.316. The fourth-order valence-electron chi connectivity index (χ4n) is 2.57. The summed E-state index contributed by atoms with van der Waals surface area (Å²) in [6, 6.07) is 9.69. The molecule has 1 aromatic heterocycles. The maximum Gasteiger partial charge on any atom is 0.259 e. The van der Waals surface area contributed by atoms with Crippen LogP contribution < -0.4 is 10.2 Å². The minimum absolute atomic E-state index is 0.156. The number of amides is 2. The van der Waals surface area contributed by atoms with Crippen molar-refractivity contribution in [1.29, 1.82) is 0 Å². The Labute approximate surface area is 141 Å². The molecule has 24 heavy (non-hydrogen) atoms. The van der Waals surface area contributed by atoms with E-state index < -0.39 is 0 Å². The van der Waals surface area contributed by atoms with Crippen LogP contribution in [0.2, 0.25) is 0 Å². The number of aromatic nitrogens is 1. The molecule has 2 amide bonds. The second-order valence-electron chi connectivity index (χ2n) is 6.10. The number of rotatable bonds is 5. The van der Waals surface area contributed by atoms with E-state index in [1.54, 1.807) is 11.0 Å². The summed E-state index contributed by atoms with van der Waals surface area (Å²) in [5.41, 5.74) is 2.78. The van der Waals surface area contributed by atoms with E-state index in [4.69, 9.17) is 0 Å². The molecular formula is C19H21N3O2. The first kappa shape index (κ1) is 16.2. The highest BCUT2D eigenvalue weighted by Crippen LogP contribution is 2.20. The van der Waals surface area contributed by atoms with Crippen LogP contribution >= 0.6 is 0 Å². The van der Waals surface area contributed by atoms with Gasteiger partial charge >= 0.3 is 0 Å². The van der Waals surface area contributed by atoms with Crippen LogP contribution in [-0.2, 0) is 0 Å². The number of aryl methyl sites for hydroxylation is 1. The van der Waals surface area contributed by atoms with Gasteiger partial charge in [-0.15, -0.1) is 0 Å². The summed E-state index contributed by atoms with van der Waals surface area (Å²) < 4.78 is 0. The number of nitrogens with zero attached hydrogens (tertiary/aromatic N) is 2. The van der Waals surface area contributed by atoms with E-state index in [2.05, 4.69) is 10.3 Å². The molecule has 1 heterocycles. The lowest BCUT2D eigenvalue weighted by atomic mass is 10.1. The largest absolute Gasteiger partial charge is 0.349 e. The van der Waals surface area contributed by atoms with Crippen molar-refractivity contribution < 1.29 is 9.59 Å². The molecule has 0 aliphatic heterocycles. The molecule has 3 rings (SSSR count). The highest BCUT2D eigenvalue weighted by Gasteiger charge is 2.24. The number of carbonyl (C=O) groups excluding carboxylic acids is 2. The number of carbonyl (C=O) groups is 2. The third-order valence-electron chi connectivity index (χ3n) is 4.03. The molecule has 1 N–H and O–H groups in total. The number of anilines is 1. The Balaban J connectivity index is 1.83. The van der Waals surface area contributed by atoms with Crippen molar-refractivity contribution in [2.24, 2.45) is 0 Å². The summed E-state index contributed by atoms with van der Waals surface area (Å²) in [5.74, 6) is -0.324. The van der Waals surface area contributed by atoms with Crippen molar-refractivity contribution in [3.8, 4) is 0 Å². The summed E-state index contributed by atoms with van der Waals surface area (Å²) in [7, 11) is 0. The smallest absolute Gasteiger partial charge is 0.259 e. The zero-order valence-corrected chi connectivity index (χ0v) is 14.0. The van der Waals surface area contributed by atoms with Crippen LogP contribution in [0, 0.1) is 6.92 Å². The first-order valence-electron chi connectivity index (χ1n) is 8.23. The van der Waals surface area contributed by atoms with Gasteiger partial charge in [0, 0.05) is 30.7 Å². The van der Waals surface area contributed by atoms with Gasteiger partial charge in [0.25, 0.3) is 11.8 Å². The Kier molecular flexibility index (Phi) is 4.60. The molecule has 0 radical (unpaired) electrons. The number of pyridine rings is 1. The van der Waals surface area contributed by atoms with Gasteiger partial charge < -0.3 is 10.2 Å². The first-order chi connectivity index (χ1) is 11.6. The van der Waals surface area contributed by atoms with Gasteiger partial charge in [-0.25, -0.2) is 0 Å². The number of nitrogens with one attached hydrogen (secondary N) is 1. The van der Waals surface area contributed by atoms with Crippen LogP contribution in [0.15, 0.2) is 42.7 Å². The van der Waals surface area contributed by atoms with Gasteiger partial charge in [0.15, 0.2) is 0 Å². The molecule has 2 aromatic rings. The Bertz CT molecular complexity index is 769. The van der Waals surface area contributed by atoms with Crippen molar-refractivity contribution in [3.05, 3.63) is 59.4 Å². The van der Waals surface area contributed by atoms with E-state index in [-0.39, 0.29) is 17.9 Å². The van der Waals surface area contributed by atoms with Gasteiger partial charge in [-0.1, -0.05) is 12.1 Å². The van der Waals surface area contributed by atoms with E-state index in [1.165, 1.54) is 12.4 Å². The molecule has 1 aliphatic carbocycles. The van der Waals surface area contributed by atoms with Crippen LogP contribution in [-0.4, -0.2) is 29.4 Å². The van der Waals surface area contributed by atoms with Crippen molar-refractivity contribution >= 4 is 17.5 Å². The monoisotopic (exact) mass is 323 g/mol. The lowest BCUT2D eigenvalue weighted by Crippen LogP contribution is -2.31. The molecule has 1 fully saturated rings. The van der Waals surface area contributed by atoms with Gasteiger partial charge in [-0.05, 0) is 50.5 Å². The molecule has 0 saturated heterocycles. The van der Waals surface area contributed by atoms with E-state index in [9.17, 15) is 9.59 Å². The summed E-state index contributed by atoms with van der Waals surface area (Å²) in [6.07, 6.45) is 5.05. The molecular weight excluding hydrogens is 302 g/mol. The predicted octanol–water partition coefficient (Wildman–Crippen LogP) is 2.95. The molecule has 1 aromatic carbocycles. The summed E-state index contributed by atoms with van der Waals surface area (Å²) in [6.45, 7) is 4.46. The van der Waals surface area contributed by atoms with Crippen LogP contribution in [0.4, 0.5) is 5.69 Å². The van der Waals surface area contributed by atoms with Crippen LogP contribution in [0.25, 0.3) is 0 Å². The number of benzene rings is 1. The third kappa shape index (κ3) is 3.62. The first-order valence-corrected chi connectivity index (χ1v) is 8.23. The normalized spacial score (nSPS) is 13.4. The maximum atomic E-state index is 12.9. The van der Waals surface area contributed by atoms with Gasteiger partial charge in [-0.3, -0.25) is 14.6 Å². The van der Waals surface area contributed by atoms with E-state index in [0.29, 0.717) is 17.7 Å². The predicted molar refractivity (Wildman–Crippen MR) is 93.3 cm³/mol. The second kappa shape index (κ2) is 6.83. The molecule has 0 atom stereocenters. The van der Waals surface area contributed by atoms with E-state index >= 15 is 0 Å². The molecule has 1 aliphatic rings. The Morgan fingerprint density at radius 1 is 1.21 bits per heavy atom. The van der Waals surface area contributed by atoms with Gasteiger partial charge in [0.05, 0.1) is 11.1 Å². The Morgan fingerprint density at radius 3 is 2.62 bits per heavy atom. The number of hydrogen-bond acceptors (Lipinski definition) is 3. The Hall–Kier alpha value is -2.69. The zero-order valence-electron chi connectivity index (χ0n) is 14.0. The molecule has 0 bridgehead atoms. The van der Waals surface area contributed by atoms with Gasteiger partial charge in [0.2, 0.25) is 0 Å². The fourth-order valence-corrected chi connectivity index (χ4v) is 2.57. The standard InChI is InChI=1S/C19H21N3O2/c1-3-22(17-6-4-5-13(2)9-17)19(24)15-10-14(11-20-12-15)18(23)21-16-7-8-16/h4-6,9-12,16H,3,7-8H2,1-2H3,(H,21,23). The summed E-state index contributed by atoms with van der Waals surface area (Å²) in [5, 5.41) is 2.91. The van der Waals surface area contributed by atoms with Crippen molar-refractivity contribution in [3.63, 3.8) is 0 Å². The molecule has 0 spiro atoms. The Morgan fingerprint density at radius 2 is 1.96 bits per heavy atom. The van der Waals surface area contributed by atoms with E-state index in [1.807, 2.05) is 38.1 Å². The molecule has 5 heteroatoms. The quantitative estimate of drug-likeness (QED) is 0.920. The minimum atomic E-state index is -0.168. The molecule has 1 saturated carbocycles. The van der Waals surface area contributed by atoms with Crippen LogP contribution in [0.3, 0.4) is 0 Å². The van der Waals surface area contributed by atoms with E-state index in [0.717, 1.165) is 24.1 Å². The third-order valence-corrected chi connectivity index (χ3v) is 4.03. The van der Waals surface area contributed by atoms with Crippen molar-refractivity contribution in [2.75, 3.05) is 11.4 Å². The van der Waals surface area contributed by atoms with Crippen molar-refractivity contribution in [1.82, 2.24) is 10.3 Å². The summed E-state index contributed by atoms with van der Waals surface area (Å²) in [4.78, 5) is 30.8. The SMILES string of the molecule is CCN(C(=O)c1cncc(C(=O)NC2CC2)c1)c1cccc(C)c1. The lowest BCUT2D eigenvalue weighted by Gasteiger charge is -2.21. The summed E-state index contributed by atoms with van der Waals surface area (Å²) >= 11 is 0. The van der Waals surface area contributed by atoms with Crippen LogP contribution in [0.1, 0.15) is 46.0 Å². The van der Waals surface area contributed by atoms with Gasteiger partial charge in [-0.2, -0.15) is 0 Å². The van der Waals surface area contributed by atoms with Crippen molar-refractivity contribution in [2.45, 2.75) is 32.7 Å². The molecule has 124 valence electrons. The molecule has 5 nitrogen and oxygen atoms in total. The number of hydrogen-bond donors (Lipinski definition) is 1. The average Bonchev–Trinajstić information content (AvgIpc) is 3.39. The average molecular weight is 323 g/mol. The highest BCUT2D eigenvalue weighted by atomic mass is 16.2.